The summed E-state index contributed by atoms with van der Waals surface area (Å²) in [6.45, 7) is 0. The van der Waals surface area contributed by atoms with E-state index < -0.39 is 0 Å². The molecule has 3 heterocycles. The van der Waals surface area contributed by atoms with Crippen LogP contribution in [0.15, 0.2) is 77.1 Å². The zero-order valence-electron chi connectivity index (χ0n) is 14.7. The van der Waals surface area contributed by atoms with Gasteiger partial charge in [-0.1, -0.05) is 54.2 Å². The molecule has 0 aliphatic heterocycles. The van der Waals surface area contributed by atoms with Crippen LogP contribution in [0.3, 0.4) is 0 Å². The van der Waals surface area contributed by atoms with Crippen LogP contribution in [0.4, 0.5) is 0 Å². The molecule has 0 aliphatic carbocycles. The van der Waals surface area contributed by atoms with Crippen molar-refractivity contribution in [1.82, 2.24) is 24.9 Å². The standard InChI is InChI=1S/C21H15N5OS/c27-19-14-8-4-5-9-15(14)26-16(17(19)13-6-2-1-3-7-13)10-28-21-18-20(23-11-22-18)24-12-25-21/h1-9,11-12H,10H2,(H,26,27)(H,22,23,24,25). The van der Waals surface area contributed by atoms with Gasteiger partial charge in [0.1, 0.15) is 16.9 Å². The van der Waals surface area contributed by atoms with E-state index in [0.29, 0.717) is 22.3 Å². The molecule has 0 unspecified atom stereocenters. The van der Waals surface area contributed by atoms with Crippen molar-refractivity contribution >= 4 is 33.8 Å². The lowest BCUT2D eigenvalue weighted by molar-refractivity contribution is 1.08. The van der Waals surface area contributed by atoms with Crippen molar-refractivity contribution < 1.29 is 0 Å². The monoisotopic (exact) mass is 385 g/mol. The topological polar surface area (TPSA) is 87.3 Å². The van der Waals surface area contributed by atoms with Gasteiger partial charge in [0.25, 0.3) is 0 Å². The van der Waals surface area contributed by atoms with Crippen LogP contribution in [-0.4, -0.2) is 24.9 Å². The quantitative estimate of drug-likeness (QED) is 0.358. The minimum Gasteiger partial charge on any atom is -0.357 e. The third-order valence-electron chi connectivity index (χ3n) is 4.59. The van der Waals surface area contributed by atoms with E-state index in [2.05, 4.69) is 24.9 Å². The molecule has 0 amide bonds. The van der Waals surface area contributed by atoms with E-state index in [9.17, 15) is 4.79 Å². The van der Waals surface area contributed by atoms with Gasteiger partial charge in [0.05, 0.1) is 6.33 Å². The second kappa shape index (κ2) is 6.94. The fourth-order valence-electron chi connectivity index (χ4n) is 3.30. The predicted octanol–water partition coefficient (Wildman–Crippen LogP) is 4.15. The van der Waals surface area contributed by atoms with Crippen LogP contribution in [0.25, 0.3) is 33.2 Å². The van der Waals surface area contributed by atoms with Gasteiger partial charge in [-0.3, -0.25) is 4.79 Å². The number of fused-ring (bicyclic) bond motifs is 2. The molecule has 0 fully saturated rings. The Labute approximate surface area is 164 Å². The number of hydrogen-bond donors (Lipinski definition) is 2. The van der Waals surface area contributed by atoms with E-state index in [0.717, 1.165) is 27.3 Å². The van der Waals surface area contributed by atoms with Crippen LogP contribution in [-0.2, 0) is 5.75 Å². The van der Waals surface area contributed by atoms with Gasteiger partial charge in [0.2, 0.25) is 0 Å². The number of hydrogen-bond acceptors (Lipinski definition) is 5. The Balaban J connectivity index is 1.64. The molecule has 0 atom stereocenters. The van der Waals surface area contributed by atoms with Gasteiger partial charge < -0.3 is 9.97 Å². The largest absolute Gasteiger partial charge is 0.357 e. The highest BCUT2D eigenvalue weighted by atomic mass is 32.2. The Bertz CT molecular complexity index is 1340. The Morgan fingerprint density at radius 1 is 0.929 bits per heavy atom. The number of nitrogens with one attached hydrogen (secondary N) is 2. The molecule has 0 radical (unpaired) electrons. The molecule has 3 aromatic heterocycles. The van der Waals surface area contributed by atoms with Crippen molar-refractivity contribution in [3.8, 4) is 11.1 Å². The SMILES string of the molecule is O=c1c(-c2ccccc2)c(CSc2ncnc3nc[nH]c23)[nH]c2ccccc12. The van der Waals surface area contributed by atoms with Crippen LogP contribution >= 0.6 is 11.8 Å². The maximum atomic E-state index is 13.3. The maximum Gasteiger partial charge on any atom is 0.197 e. The number of imidazole rings is 1. The third kappa shape index (κ3) is 2.86. The summed E-state index contributed by atoms with van der Waals surface area (Å²) in [6.07, 6.45) is 3.11. The van der Waals surface area contributed by atoms with E-state index >= 15 is 0 Å². The van der Waals surface area contributed by atoms with Crippen molar-refractivity contribution in [3.63, 3.8) is 0 Å². The molecule has 2 N–H and O–H groups in total. The van der Waals surface area contributed by atoms with Crippen molar-refractivity contribution in [2.45, 2.75) is 10.8 Å². The van der Waals surface area contributed by atoms with E-state index in [4.69, 9.17) is 0 Å². The van der Waals surface area contributed by atoms with Gasteiger partial charge >= 0.3 is 0 Å². The summed E-state index contributed by atoms with van der Waals surface area (Å²) in [5.41, 5.74) is 4.76. The summed E-state index contributed by atoms with van der Waals surface area (Å²) in [7, 11) is 0. The normalized spacial score (nSPS) is 11.3. The number of para-hydroxylation sites is 1. The van der Waals surface area contributed by atoms with E-state index in [1.165, 1.54) is 6.33 Å². The van der Waals surface area contributed by atoms with Gasteiger partial charge in [-0.05, 0) is 17.7 Å². The van der Waals surface area contributed by atoms with Gasteiger partial charge in [-0.2, -0.15) is 0 Å². The molecule has 6 nitrogen and oxygen atoms in total. The molecular weight excluding hydrogens is 370 g/mol. The molecule has 0 spiro atoms. The number of rotatable bonds is 4. The van der Waals surface area contributed by atoms with Crippen LogP contribution < -0.4 is 5.43 Å². The Hall–Kier alpha value is -3.45. The molecule has 136 valence electrons. The van der Waals surface area contributed by atoms with Crippen LogP contribution in [0.5, 0.6) is 0 Å². The Kier molecular flexibility index (Phi) is 4.14. The smallest absolute Gasteiger partial charge is 0.197 e. The highest BCUT2D eigenvalue weighted by Gasteiger charge is 2.15. The number of pyridine rings is 1. The van der Waals surface area contributed by atoms with Crippen molar-refractivity contribution in [2.24, 2.45) is 0 Å². The van der Waals surface area contributed by atoms with E-state index in [1.807, 2.05) is 54.6 Å². The van der Waals surface area contributed by atoms with E-state index in [-0.39, 0.29) is 5.43 Å². The summed E-state index contributed by atoms with van der Waals surface area (Å²) < 4.78 is 0. The first-order chi connectivity index (χ1) is 13.8. The fourth-order valence-corrected chi connectivity index (χ4v) is 4.21. The number of aromatic amines is 2. The van der Waals surface area contributed by atoms with E-state index in [1.54, 1.807) is 18.1 Å². The molecular formula is C21H15N5OS. The first-order valence-electron chi connectivity index (χ1n) is 8.77. The number of H-pyrrole nitrogens is 2. The second-order valence-corrected chi connectivity index (χ2v) is 7.25. The van der Waals surface area contributed by atoms with Crippen molar-refractivity contribution in [2.75, 3.05) is 0 Å². The molecule has 0 bridgehead atoms. The predicted molar refractivity (Wildman–Crippen MR) is 111 cm³/mol. The van der Waals surface area contributed by atoms with Crippen molar-refractivity contribution in [1.29, 1.82) is 0 Å². The molecule has 0 saturated heterocycles. The lowest BCUT2D eigenvalue weighted by atomic mass is 10.0. The van der Waals surface area contributed by atoms with Crippen molar-refractivity contribution in [3.05, 3.63) is 83.2 Å². The fraction of sp³-hybridized carbons (Fsp3) is 0.0476. The number of aromatic nitrogens is 5. The summed E-state index contributed by atoms with van der Waals surface area (Å²) in [5, 5.41) is 1.49. The molecule has 0 aliphatic rings. The van der Waals surface area contributed by atoms with Crippen LogP contribution in [0, 0.1) is 0 Å². The van der Waals surface area contributed by atoms with Crippen LogP contribution in [0.1, 0.15) is 5.69 Å². The highest BCUT2D eigenvalue weighted by Crippen LogP contribution is 2.29. The van der Waals surface area contributed by atoms with Gasteiger partial charge in [0.15, 0.2) is 11.1 Å². The lowest BCUT2D eigenvalue weighted by Gasteiger charge is -2.11. The summed E-state index contributed by atoms with van der Waals surface area (Å²) in [4.78, 5) is 32.5. The lowest BCUT2D eigenvalue weighted by Crippen LogP contribution is -2.11. The third-order valence-corrected chi connectivity index (χ3v) is 5.61. The molecule has 0 saturated carbocycles. The average Bonchev–Trinajstić information content (AvgIpc) is 3.22. The van der Waals surface area contributed by atoms with Crippen LogP contribution in [0.2, 0.25) is 0 Å². The Morgan fingerprint density at radius 2 is 1.75 bits per heavy atom. The van der Waals surface area contributed by atoms with Gasteiger partial charge in [-0.25, -0.2) is 15.0 Å². The maximum absolute atomic E-state index is 13.3. The highest BCUT2D eigenvalue weighted by molar-refractivity contribution is 7.98. The summed E-state index contributed by atoms with van der Waals surface area (Å²) in [6, 6.07) is 17.4. The van der Waals surface area contributed by atoms with Gasteiger partial charge in [0, 0.05) is 27.9 Å². The van der Waals surface area contributed by atoms with Gasteiger partial charge in [-0.15, -0.1) is 0 Å². The zero-order chi connectivity index (χ0) is 18.9. The number of benzene rings is 2. The first kappa shape index (κ1) is 16.7. The molecule has 2 aromatic carbocycles. The first-order valence-corrected chi connectivity index (χ1v) is 9.76. The summed E-state index contributed by atoms with van der Waals surface area (Å²) in [5.74, 6) is 0.565. The molecule has 5 rings (SSSR count). The molecule has 5 aromatic rings. The Morgan fingerprint density at radius 3 is 2.64 bits per heavy atom. The minimum absolute atomic E-state index is 0.0329. The summed E-state index contributed by atoms with van der Waals surface area (Å²) >= 11 is 1.54. The second-order valence-electron chi connectivity index (χ2n) is 6.29. The minimum atomic E-state index is 0.0329. The number of thioether (sulfide) groups is 1. The zero-order valence-corrected chi connectivity index (χ0v) is 15.5. The molecule has 7 heteroatoms. The average molecular weight is 385 g/mol. The number of nitrogens with zero attached hydrogens (tertiary/aromatic N) is 3. The molecule has 28 heavy (non-hydrogen) atoms.